The van der Waals surface area contributed by atoms with Gasteiger partial charge in [0.1, 0.15) is 5.82 Å². The summed E-state index contributed by atoms with van der Waals surface area (Å²) >= 11 is 5.33. The molecule has 0 radical (unpaired) electrons. The van der Waals surface area contributed by atoms with Crippen LogP contribution in [0.4, 0.5) is 10.1 Å². The average molecular weight is 372 g/mol. The molecule has 26 heavy (non-hydrogen) atoms. The molecule has 2 N–H and O–H groups in total. The van der Waals surface area contributed by atoms with Crippen LogP contribution in [0.15, 0.2) is 42.9 Å². The normalized spacial score (nSPS) is 10.7. The van der Waals surface area contributed by atoms with Crippen molar-refractivity contribution in [2.45, 2.75) is 33.5 Å². The molecule has 0 saturated heterocycles. The Hall–Kier alpha value is -2.74. The zero-order valence-electron chi connectivity index (χ0n) is 14.7. The fraction of sp³-hybridized carbons (Fsp3) is 0.278. The number of nitrogens with one attached hydrogen (secondary N) is 2. The van der Waals surface area contributed by atoms with Gasteiger partial charge in [0.2, 0.25) is 0 Å². The lowest BCUT2D eigenvalue weighted by molar-refractivity contribution is 0.585. The van der Waals surface area contributed by atoms with Gasteiger partial charge in [-0.05, 0) is 32.1 Å². The highest BCUT2D eigenvalue weighted by atomic mass is 32.1. The molecule has 0 aliphatic rings. The molecule has 0 saturated carbocycles. The first-order chi connectivity index (χ1) is 12.5. The van der Waals surface area contributed by atoms with Crippen LogP contribution < -0.4 is 10.6 Å². The van der Waals surface area contributed by atoms with Gasteiger partial charge in [-0.15, -0.1) is 0 Å². The quantitative estimate of drug-likeness (QED) is 0.651. The maximum atomic E-state index is 13.7. The molecule has 1 aromatic carbocycles. The second kappa shape index (κ2) is 8.09. The molecule has 0 fully saturated rings. The second-order valence-corrected chi connectivity index (χ2v) is 6.33. The van der Waals surface area contributed by atoms with E-state index in [1.165, 1.54) is 6.07 Å². The molecule has 2 heterocycles. The lowest BCUT2D eigenvalue weighted by Gasteiger charge is -2.08. The number of rotatable bonds is 6. The van der Waals surface area contributed by atoms with E-state index >= 15 is 0 Å². The summed E-state index contributed by atoms with van der Waals surface area (Å²) in [5, 5.41) is 15.4. The van der Waals surface area contributed by atoms with Crippen LogP contribution >= 0.6 is 12.2 Å². The number of benzene rings is 1. The van der Waals surface area contributed by atoms with Gasteiger partial charge in [0, 0.05) is 36.6 Å². The van der Waals surface area contributed by atoms with Gasteiger partial charge in [0.05, 0.1) is 24.1 Å². The predicted octanol–water partition coefficient (Wildman–Crippen LogP) is 3.08. The van der Waals surface area contributed by atoms with E-state index in [2.05, 4.69) is 27.8 Å². The lowest BCUT2D eigenvalue weighted by Crippen LogP contribution is -2.27. The van der Waals surface area contributed by atoms with E-state index in [0.29, 0.717) is 23.8 Å². The molecule has 0 bridgehead atoms. The molecule has 0 aliphatic heterocycles. The molecule has 2 aromatic heterocycles. The van der Waals surface area contributed by atoms with Crippen molar-refractivity contribution in [3.63, 3.8) is 0 Å². The minimum Gasteiger partial charge on any atom is -0.358 e. The highest BCUT2D eigenvalue weighted by Crippen LogP contribution is 2.11. The Labute approximate surface area is 157 Å². The molecular formula is C18H21FN6S. The van der Waals surface area contributed by atoms with Gasteiger partial charge in [-0.2, -0.15) is 10.2 Å². The number of hydrogen-bond donors (Lipinski definition) is 2. The Kier molecular flexibility index (Phi) is 5.62. The van der Waals surface area contributed by atoms with Crippen LogP contribution in [-0.2, 0) is 19.6 Å². The van der Waals surface area contributed by atoms with E-state index in [-0.39, 0.29) is 5.82 Å². The van der Waals surface area contributed by atoms with Crippen molar-refractivity contribution in [2.75, 3.05) is 5.32 Å². The van der Waals surface area contributed by atoms with E-state index in [1.54, 1.807) is 29.2 Å². The maximum Gasteiger partial charge on any atom is 0.171 e. The fourth-order valence-corrected chi connectivity index (χ4v) is 2.75. The van der Waals surface area contributed by atoms with Crippen LogP contribution in [-0.4, -0.2) is 24.7 Å². The summed E-state index contributed by atoms with van der Waals surface area (Å²) in [7, 11) is 0. The summed E-state index contributed by atoms with van der Waals surface area (Å²) in [4.78, 5) is 0. The van der Waals surface area contributed by atoms with Crippen molar-refractivity contribution in [3.05, 3.63) is 65.5 Å². The summed E-state index contributed by atoms with van der Waals surface area (Å²) in [5.41, 5.74) is 3.43. The van der Waals surface area contributed by atoms with E-state index in [9.17, 15) is 4.39 Å². The monoisotopic (exact) mass is 372 g/mol. The van der Waals surface area contributed by atoms with E-state index < -0.39 is 0 Å². The first-order valence-electron chi connectivity index (χ1n) is 8.38. The summed E-state index contributed by atoms with van der Waals surface area (Å²) < 4.78 is 17.3. The van der Waals surface area contributed by atoms with Crippen LogP contribution in [0.3, 0.4) is 0 Å². The van der Waals surface area contributed by atoms with Crippen LogP contribution in [0.5, 0.6) is 0 Å². The van der Waals surface area contributed by atoms with Crippen molar-refractivity contribution < 1.29 is 4.39 Å². The Morgan fingerprint density at radius 1 is 1.19 bits per heavy atom. The van der Waals surface area contributed by atoms with E-state index in [4.69, 9.17) is 12.2 Å². The number of aromatic nitrogens is 4. The minimum atomic E-state index is -0.238. The number of anilines is 1. The van der Waals surface area contributed by atoms with Crippen molar-refractivity contribution in [1.82, 2.24) is 24.9 Å². The smallest absolute Gasteiger partial charge is 0.171 e. The van der Waals surface area contributed by atoms with Gasteiger partial charge in [0.25, 0.3) is 0 Å². The molecule has 6 nitrogen and oxygen atoms in total. The number of hydrogen-bond acceptors (Lipinski definition) is 3. The number of nitrogens with zero attached hydrogens (tertiary/aromatic N) is 4. The molecule has 0 amide bonds. The lowest BCUT2D eigenvalue weighted by atomic mass is 10.2. The summed E-state index contributed by atoms with van der Waals surface area (Å²) in [6.45, 7) is 5.83. The van der Waals surface area contributed by atoms with Gasteiger partial charge >= 0.3 is 0 Å². The number of halogens is 1. The maximum absolute atomic E-state index is 13.7. The van der Waals surface area contributed by atoms with Crippen LogP contribution in [0.2, 0.25) is 0 Å². The van der Waals surface area contributed by atoms with Crippen molar-refractivity contribution >= 4 is 23.0 Å². The Morgan fingerprint density at radius 3 is 2.73 bits per heavy atom. The van der Waals surface area contributed by atoms with E-state index in [0.717, 1.165) is 23.5 Å². The van der Waals surface area contributed by atoms with E-state index in [1.807, 2.05) is 23.9 Å². The summed E-state index contributed by atoms with van der Waals surface area (Å²) in [6, 6.07) is 6.67. The second-order valence-electron chi connectivity index (χ2n) is 5.92. The Bertz CT molecular complexity index is 901. The van der Waals surface area contributed by atoms with Gasteiger partial charge in [0.15, 0.2) is 5.11 Å². The van der Waals surface area contributed by atoms with Crippen LogP contribution in [0.1, 0.15) is 23.7 Å². The van der Waals surface area contributed by atoms with Crippen LogP contribution in [0, 0.1) is 12.7 Å². The van der Waals surface area contributed by atoms with Gasteiger partial charge in [-0.1, -0.05) is 18.2 Å². The largest absolute Gasteiger partial charge is 0.358 e. The number of thiocarbonyl (C=S) groups is 1. The van der Waals surface area contributed by atoms with Crippen molar-refractivity contribution in [2.24, 2.45) is 0 Å². The first kappa shape index (κ1) is 18.1. The highest BCUT2D eigenvalue weighted by Gasteiger charge is 2.07. The summed E-state index contributed by atoms with van der Waals surface area (Å²) in [5.74, 6) is -0.238. The molecular weight excluding hydrogens is 351 g/mol. The zero-order valence-corrected chi connectivity index (χ0v) is 15.6. The molecule has 8 heteroatoms. The Balaban J connectivity index is 1.54. The molecule has 0 atom stereocenters. The van der Waals surface area contributed by atoms with Gasteiger partial charge < -0.3 is 10.6 Å². The third kappa shape index (κ3) is 4.45. The standard InChI is InChI=1S/C18H21FN6S/c1-3-24-11-15(13(2)23-24)8-20-18(26)22-16-9-21-25(12-16)10-14-6-4-5-7-17(14)19/h4-7,9,11-12H,3,8,10H2,1-2H3,(H2,20,22,26). The zero-order chi connectivity index (χ0) is 18.5. The third-order valence-electron chi connectivity index (χ3n) is 3.99. The molecule has 136 valence electrons. The van der Waals surface area contributed by atoms with Gasteiger partial charge in [-0.3, -0.25) is 9.36 Å². The highest BCUT2D eigenvalue weighted by molar-refractivity contribution is 7.80. The topological polar surface area (TPSA) is 59.7 Å². The fourth-order valence-electron chi connectivity index (χ4n) is 2.56. The SMILES string of the molecule is CCn1cc(CNC(=S)Nc2cnn(Cc3ccccc3F)c2)c(C)n1. The third-order valence-corrected chi connectivity index (χ3v) is 4.24. The average Bonchev–Trinajstić information content (AvgIpc) is 3.21. The summed E-state index contributed by atoms with van der Waals surface area (Å²) in [6.07, 6.45) is 5.47. The van der Waals surface area contributed by atoms with Crippen LogP contribution in [0.25, 0.3) is 0 Å². The molecule has 0 spiro atoms. The number of aryl methyl sites for hydroxylation is 2. The van der Waals surface area contributed by atoms with Crippen molar-refractivity contribution in [1.29, 1.82) is 0 Å². The molecule has 0 unspecified atom stereocenters. The minimum absolute atomic E-state index is 0.238. The molecule has 0 aliphatic carbocycles. The molecule has 3 rings (SSSR count). The Morgan fingerprint density at radius 2 is 2.00 bits per heavy atom. The van der Waals surface area contributed by atoms with Crippen molar-refractivity contribution in [3.8, 4) is 0 Å². The van der Waals surface area contributed by atoms with Gasteiger partial charge in [-0.25, -0.2) is 4.39 Å². The molecule has 3 aromatic rings. The predicted molar refractivity (Wildman–Crippen MR) is 103 cm³/mol. The first-order valence-corrected chi connectivity index (χ1v) is 8.79.